The molecule has 0 saturated carbocycles. The Bertz CT molecular complexity index is 974. The molecule has 2 aromatic carbocycles. The fourth-order valence-corrected chi connectivity index (χ4v) is 2.74. The Balaban J connectivity index is 1.77. The zero-order valence-electron chi connectivity index (χ0n) is 15.9. The first kappa shape index (κ1) is 19.6. The maximum absolute atomic E-state index is 11.7. The summed E-state index contributed by atoms with van der Waals surface area (Å²) in [5, 5.41) is 6.73. The van der Waals surface area contributed by atoms with Crippen LogP contribution in [-0.4, -0.2) is 23.0 Å². The van der Waals surface area contributed by atoms with Crippen molar-refractivity contribution in [3.63, 3.8) is 0 Å². The van der Waals surface area contributed by atoms with Crippen molar-refractivity contribution < 1.29 is 9.53 Å². The van der Waals surface area contributed by atoms with Crippen LogP contribution in [0.5, 0.6) is 0 Å². The van der Waals surface area contributed by atoms with E-state index in [-0.39, 0.29) is 0 Å². The summed E-state index contributed by atoms with van der Waals surface area (Å²) in [6, 6.07) is 14.8. The molecule has 2 N–H and O–H groups in total. The van der Waals surface area contributed by atoms with E-state index in [4.69, 9.17) is 16.3 Å². The average molecular weight is 397 g/mol. The van der Waals surface area contributed by atoms with Crippen molar-refractivity contribution in [2.45, 2.75) is 19.8 Å². The number of hydrogen-bond donors (Lipinski definition) is 2. The van der Waals surface area contributed by atoms with E-state index in [1.807, 2.05) is 12.1 Å². The van der Waals surface area contributed by atoms with Gasteiger partial charge < -0.3 is 15.4 Å². The Morgan fingerprint density at radius 1 is 1.07 bits per heavy atom. The molecule has 0 aliphatic carbocycles. The first-order chi connectivity index (χ1) is 13.5. The standard InChI is InChI=1S/C21H21ClN4O2/c1-13(2)14-4-7-16(8-5-14)24-19-10-11-23-21(26-19)25-18-12-15(20(27)28-3)6-9-17(18)22/h4-13H,1-3H3,(H2,23,24,25,26). The zero-order chi connectivity index (χ0) is 20.1. The van der Waals surface area contributed by atoms with Crippen molar-refractivity contribution >= 4 is 40.7 Å². The van der Waals surface area contributed by atoms with E-state index < -0.39 is 5.97 Å². The number of rotatable bonds is 6. The van der Waals surface area contributed by atoms with Gasteiger partial charge in [-0.25, -0.2) is 9.78 Å². The molecule has 0 bridgehead atoms. The minimum absolute atomic E-state index is 0.354. The molecule has 0 atom stereocenters. The van der Waals surface area contributed by atoms with E-state index in [1.54, 1.807) is 30.5 Å². The molecule has 0 aliphatic heterocycles. The molecule has 7 heteroatoms. The number of carbonyl (C=O) groups excluding carboxylic acids is 1. The number of ether oxygens (including phenoxy) is 1. The highest BCUT2D eigenvalue weighted by molar-refractivity contribution is 6.33. The quantitative estimate of drug-likeness (QED) is 0.533. The molecule has 0 aliphatic rings. The van der Waals surface area contributed by atoms with Gasteiger partial charge >= 0.3 is 5.97 Å². The Morgan fingerprint density at radius 2 is 1.82 bits per heavy atom. The van der Waals surface area contributed by atoms with Crippen LogP contribution in [0.25, 0.3) is 0 Å². The van der Waals surface area contributed by atoms with Gasteiger partial charge in [0.1, 0.15) is 5.82 Å². The molecule has 0 spiro atoms. The summed E-state index contributed by atoms with van der Waals surface area (Å²) in [6.07, 6.45) is 1.64. The Labute approximate surface area is 168 Å². The second kappa shape index (κ2) is 8.71. The SMILES string of the molecule is COC(=O)c1ccc(Cl)c(Nc2nccc(Nc3ccc(C(C)C)cc3)n2)c1. The second-order valence-corrected chi connectivity index (χ2v) is 6.89. The number of esters is 1. The smallest absolute Gasteiger partial charge is 0.337 e. The largest absolute Gasteiger partial charge is 0.465 e. The highest BCUT2D eigenvalue weighted by Gasteiger charge is 2.10. The lowest BCUT2D eigenvalue weighted by Crippen LogP contribution is -2.04. The molecule has 3 aromatic rings. The number of anilines is 4. The minimum atomic E-state index is -0.444. The van der Waals surface area contributed by atoms with Crippen LogP contribution < -0.4 is 10.6 Å². The summed E-state index contributed by atoms with van der Waals surface area (Å²) in [4.78, 5) is 20.4. The molecule has 0 saturated heterocycles. The van der Waals surface area contributed by atoms with E-state index in [9.17, 15) is 4.79 Å². The average Bonchev–Trinajstić information content (AvgIpc) is 2.70. The topological polar surface area (TPSA) is 76.1 Å². The summed E-state index contributed by atoms with van der Waals surface area (Å²) < 4.78 is 4.74. The van der Waals surface area contributed by atoms with Gasteiger partial charge in [0.15, 0.2) is 0 Å². The van der Waals surface area contributed by atoms with E-state index >= 15 is 0 Å². The first-order valence-electron chi connectivity index (χ1n) is 8.81. The number of nitrogens with zero attached hydrogens (tertiary/aromatic N) is 2. The lowest BCUT2D eigenvalue weighted by molar-refractivity contribution is 0.0601. The van der Waals surface area contributed by atoms with Gasteiger partial charge in [-0.1, -0.05) is 37.6 Å². The summed E-state index contributed by atoms with van der Waals surface area (Å²) >= 11 is 6.22. The first-order valence-corrected chi connectivity index (χ1v) is 9.19. The molecule has 0 unspecified atom stereocenters. The third-order valence-corrected chi connectivity index (χ3v) is 4.47. The van der Waals surface area contributed by atoms with Crippen molar-refractivity contribution in [3.05, 3.63) is 70.9 Å². The molecule has 1 aromatic heterocycles. The number of hydrogen-bond acceptors (Lipinski definition) is 6. The fourth-order valence-electron chi connectivity index (χ4n) is 2.57. The van der Waals surface area contributed by atoms with E-state index in [0.717, 1.165) is 5.69 Å². The monoisotopic (exact) mass is 396 g/mol. The maximum Gasteiger partial charge on any atom is 0.337 e. The van der Waals surface area contributed by atoms with Crippen LogP contribution in [0.3, 0.4) is 0 Å². The molecule has 28 heavy (non-hydrogen) atoms. The van der Waals surface area contributed by atoms with Crippen molar-refractivity contribution in [2.24, 2.45) is 0 Å². The van der Waals surface area contributed by atoms with Crippen LogP contribution >= 0.6 is 11.6 Å². The molecular formula is C21H21ClN4O2. The number of carbonyl (C=O) groups is 1. The predicted octanol–water partition coefficient (Wildman–Crippen LogP) is 5.53. The van der Waals surface area contributed by atoms with Crippen molar-refractivity contribution in [1.29, 1.82) is 0 Å². The summed E-state index contributed by atoms with van der Waals surface area (Å²) in [5.41, 5.74) is 3.10. The molecule has 1 heterocycles. The summed E-state index contributed by atoms with van der Waals surface area (Å²) in [5.74, 6) is 1.03. The van der Waals surface area contributed by atoms with Gasteiger partial charge in [0.2, 0.25) is 5.95 Å². The van der Waals surface area contributed by atoms with Crippen LogP contribution in [0.15, 0.2) is 54.7 Å². The molecule has 0 radical (unpaired) electrons. The van der Waals surface area contributed by atoms with E-state index in [1.165, 1.54) is 12.7 Å². The van der Waals surface area contributed by atoms with Gasteiger partial charge in [0.05, 0.1) is 23.4 Å². The molecule has 3 rings (SSSR count). The Kier molecular flexibility index (Phi) is 6.11. The highest BCUT2D eigenvalue weighted by Crippen LogP contribution is 2.26. The van der Waals surface area contributed by atoms with Crippen molar-refractivity contribution in [1.82, 2.24) is 9.97 Å². The predicted molar refractivity (Wildman–Crippen MR) is 112 cm³/mol. The minimum Gasteiger partial charge on any atom is -0.465 e. The number of nitrogens with one attached hydrogen (secondary N) is 2. The normalized spacial score (nSPS) is 10.6. The maximum atomic E-state index is 11.7. The molecule has 144 valence electrons. The van der Waals surface area contributed by atoms with E-state index in [0.29, 0.717) is 34.0 Å². The van der Waals surface area contributed by atoms with Gasteiger partial charge in [-0.2, -0.15) is 4.98 Å². The van der Waals surface area contributed by atoms with Gasteiger partial charge in [0, 0.05) is 11.9 Å². The van der Waals surface area contributed by atoms with Crippen LogP contribution in [0.4, 0.5) is 23.1 Å². The van der Waals surface area contributed by atoms with Crippen LogP contribution in [0.1, 0.15) is 35.7 Å². The van der Waals surface area contributed by atoms with Gasteiger partial charge in [-0.05, 0) is 47.9 Å². The van der Waals surface area contributed by atoms with Crippen molar-refractivity contribution in [2.75, 3.05) is 17.7 Å². The molecule has 0 amide bonds. The Morgan fingerprint density at radius 3 is 2.50 bits per heavy atom. The van der Waals surface area contributed by atoms with Gasteiger partial charge in [0.25, 0.3) is 0 Å². The molecule has 0 fully saturated rings. The lowest BCUT2D eigenvalue weighted by Gasteiger charge is -2.11. The third-order valence-electron chi connectivity index (χ3n) is 4.14. The summed E-state index contributed by atoms with van der Waals surface area (Å²) in [7, 11) is 1.33. The third kappa shape index (κ3) is 4.78. The van der Waals surface area contributed by atoms with Crippen LogP contribution in [-0.2, 0) is 4.74 Å². The number of benzene rings is 2. The second-order valence-electron chi connectivity index (χ2n) is 6.48. The molecule has 6 nitrogen and oxygen atoms in total. The fraction of sp³-hybridized carbons (Fsp3) is 0.190. The van der Waals surface area contributed by atoms with Crippen LogP contribution in [0.2, 0.25) is 5.02 Å². The van der Waals surface area contributed by atoms with Gasteiger partial charge in [-0.3, -0.25) is 0 Å². The molecular weight excluding hydrogens is 376 g/mol. The van der Waals surface area contributed by atoms with Gasteiger partial charge in [-0.15, -0.1) is 0 Å². The van der Waals surface area contributed by atoms with E-state index in [2.05, 4.69) is 46.6 Å². The van der Waals surface area contributed by atoms with Crippen LogP contribution in [0, 0.1) is 0 Å². The number of halogens is 1. The number of methoxy groups -OCH3 is 1. The highest BCUT2D eigenvalue weighted by atomic mass is 35.5. The van der Waals surface area contributed by atoms with Crippen molar-refractivity contribution in [3.8, 4) is 0 Å². The Hall–Kier alpha value is -3.12. The summed E-state index contributed by atoms with van der Waals surface area (Å²) in [6.45, 7) is 4.32. The zero-order valence-corrected chi connectivity index (χ0v) is 16.6. The lowest BCUT2D eigenvalue weighted by atomic mass is 10.0. The number of aromatic nitrogens is 2.